The maximum atomic E-state index is 12.7. The fraction of sp³-hybridized carbons (Fsp3) is 0.692. The Morgan fingerprint density at radius 2 is 2.25 bits per heavy atom. The molecule has 2 heterocycles. The molecule has 0 radical (unpaired) electrons. The van der Waals surface area contributed by atoms with E-state index < -0.39 is 10.0 Å². The van der Waals surface area contributed by atoms with Crippen LogP contribution < -0.4 is 5.32 Å². The molecule has 1 aliphatic rings. The maximum Gasteiger partial charge on any atom is 0.252 e. The minimum atomic E-state index is -3.42. The quantitative estimate of drug-likeness (QED) is 0.899. The van der Waals surface area contributed by atoms with Crippen LogP contribution in [0, 0.1) is 6.92 Å². The summed E-state index contributed by atoms with van der Waals surface area (Å²) in [7, 11) is -3.42. The summed E-state index contributed by atoms with van der Waals surface area (Å²) >= 11 is 7.14. The highest BCUT2D eigenvalue weighted by molar-refractivity contribution is 7.91. The molecule has 1 aliphatic heterocycles. The van der Waals surface area contributed by atoms with Crippen LogP contribution in [0.5, 0.6) is 0 Å². The van der Waals surface area contributed by atoms with E-state index in [2.05, 4.69) is 5.32 Å². The van der Waals surface area contributed by atoms with Gasteiger partial charge in [-0.15, -0.1) is 11.3 Å². The number of hydrogen-bond acceptors (Lipinski definition) is 4. The zero-order valence-corrected chi connectivity index (χ0v) is 14.2. The largest absolute Gasteiger partial charge is 0.313 e. The summed E-state index contributed by atoms with van der Waals surface area (Å²) in [4.78, 5) is 0. The van der Waals surface area contributed by atoms with Gasteiger partial charge >= 0.3 is 0 Å². The number of halogens is 1. The number of thiophene rings is 1. The van der Waals surface area contributed by atoms with Gasteiger partial charge in [0.1, 0.15) is 4.21 Å². The number of nitrogens with one attached hydrogen (secondary N) is 1. The predicted molar refractivity (Wildman–Crippen MR) is 84.1 cm³/mol. The predicted octanol–water partition coefficient (Wildman–Crippen LogP) is 2.86. The van der Waals surface area contributed by atoms with Gasteiger partial charge in [0, 0.05) is 19.1 Å². The maximum absolute atomic E-state index is 12.7. The number of sulfonamides is 1. The highest BCUT2D eigenvalue weighted by Gasteiger charge is 2.28. The molecule has 0 bridgehead atoms. The third kappa shape index (κ3) is 3.54. The van der Waals surface area contributed by atoms with Crippen LogP contribution in [0.15, 0.2) is 10.3 Å². The van der Waals surface area contributed by atoms with E-state index in [-0.39, 0.29) is 6.04 Å². The van der Waals surface area contributed by atoms with E-state index in [0.717, 1.165) is 29.9 Å². The van der Waals surface area contributed by atoms with Crippen molar-refractivity contribution in [1.29, 1.82) is 0 Å². The lowest BCUT2D eigenvalue weighted by atomic mass is 10.1. The van der Waals surface area contributed by atoms with Gasteiger partial charge in [-0.05, 0) is 37.9 Å². The van der Waals surface area contributed by atoms with Crippen LogP contribution in [0.2, 0.25) is 4.34 Å². The minimum Gasteiger partial charge on any atom is -0.313 e. The average Bonchev–Trinajstić information content (AvgIpc) is 2.78. The van der Waals surface area contributed by atoms with Crippen molar-refractivity contribution in [2.24, 2.45) is 0 Å². The molecule has 0 aromatic carbocycles. The van der Waals surface area contributed by atoms with Crippen molar-refractivity contribution in [3.8, 4) is 0 Å². The Morgan fingerprint density at radius 1 is 1.50 bits per heavy atom. The van der Waals surface area contributed by atoms with Crippen molar-refractivity contribution in [3.63, 3.8) is 0 Å². The van der Waals surface area contributed by atoms with Crippen molar-refractivity contribution in [2.75, 3.05) is 19.6 Å². The number of hydrogen-bond donors (Lipinski definition) is 1. The fourth-order valence-corrected chi connectivity index (χ4v) is 5.77. The van der Waals surface area contributed by atoms with Crippen molar-refractivity contribution in [2.45, 2.75) is 43.4 Å². The van der Waals surface area contributed by atoms with Crippen LogP contribution in [0.25, 0.3) is 0 Å². The lowest BCUT2D eigenvalue weighted by molar-refractivity contribution is 0.320. The monoisotopic (exact) mass is 336 g/mol. The number of piperidine rings is 1. The molecule has 7 heteroatoms. The Hall–Kier alpha value is -0.140. The molecule has 1 N–H and O–H groups in total. The third-order valence-electron chi connectivity index (χ3n) is 3.62. The molecule has 0 aliphatic carbocycles. The van der Waals surface area contributed by atoms with Crippen LogP contribution >= 0.6 is 22.9 Å². The molecule has 4 nitrogen and oxygen atoms in total. The Morgan fingerprint density at radius 3 is 2.75 bits per heavy atom. The first-order valence-corrected chi connectivity index (χ1v) is 9.58. The Bertz CT molecular complexity index is 531. The molecule has 20 heavy (non-hydrogen) atoms. The van der Waals surface area contributed by atoms with Crippen LogP contribution in [0.1, 0.15) is 31.7 Å². The summed E-state index contributed by atoms with van der Waals surface area (Å²) in [5.41, 5.74) is 0.821. The van der Waals surface area contributed by atoms with Gasteiger partial charge in [0.25, 0.3) is 10.0 Å². The molecule has 1 aromatic rings. The van der Waals surface area contributed by atoms with Gasteiger partial charge < -0.3 is 5.32 Å². The van der Waals surface area contributed by atoms with Gasteiger partial charge in [-0.1, -0.05) is 24.9 Å². The van der Waals surface area contributed by atoms with E-state index in [1.807, 2.05) is 13.8 Å². The molecule has 1 saturated heterocycles. The lowest BCUT2D eigenvalue weighted by Crippen LogP contribution is -2.45. The second-order valence-electron chi connectivity index (χ2n) is 5.12. The first-order chi connectivity index (χ1) is 9.45. The second kappa shape index (κ2) is 6.75. The summed E-state index contributed by atoms with van der Waals surface area (Å²) in [6.07, 6.45) is 3.38. The molecule has 1 atom stereocenters. The van der Waals surface area contributed by atoms with E-state index >= 15 is 0 Å². The average molecular weight is 337 g/mol. The molecule has 0 amide bonds. The number of aryl methyl sites for hydroxylation is 1. The summed E-state index contributed by atoms with van der Waals surface area (Å²) in [6, 6.07) is 1.93. The summed E-state index contributed by atoms with van der Waals surface area (Å²) in [5.74, 6) is 0. The van der Waals surface area contributed by atoms with Gasteiger partial charge in [0.2, 0.25) is 0 Å². The second-order valence-corrected chi connectivity index (χ2v) is 8.94. The molecule has 1 fully saturated rings. The van der Waals surface area contributed by atoms with E-state index in [1.54, 1.807) is 10.4 Å². The molecule has 0 saturated carbocycles. The molecule has 114 valence electrons. The molecule has 2 rings (SSSR count). The van der Waals surface area contributed by atoms with Crippen LogP contribution in [-0.4, -0.2) is 38.4 Å². The Labute approximate surface area is 130 Å². The van der Waals surface area contributed by atoms with E-state index in [9.17, 15) is 8.42 Å². The van der Waals surface area contributed by atoms with E-state index in [0.29, 0.717) is 21.6 Å². The highest BCUT2D eigenvalue weighted by atomic mass is 35.5. The number of rotatable bonds is 5. The summed E-state index contributed by atoms with van der Waals surface area (Å²) in [5, 5.41) is 3.40. The topological polar surface area (TPSA) is 49.4 Å². The first kappa shape index (κ1) is 16.2. The standard InChI is InChI=1S/C13H21ClN2O2S2/c1-3-16(9-11-6-4-5-7-15-11)20(17,18)12-8-10(2)13(14)19-12/h8,11,15H,3-7,9H2,1-2H3. The molecule has 1 unspecified atom stereocenters. The number of nitrogens with zero attached hydrogens (tertiary/aromatic N) is 1. The van der Waals surface area contributed by atoms with Crippen molar-refractivity contribution >= 4 is 33.0 Å². The normalized spacial score (nSPS) is 20.5. The van der Waals surface area contributed by atoms with Crippen molar-refractivity contribution in [3.05, 3.63) is 16.0 Å². The van der Waals surface area contributed by atoms with E-state index in [4.69, 9.17) is 11.6 Å². The molecular weight excluding hydrogens is 316 g/mol. The van der Waals surface area contributed by atoms with Gasteiger partial charge in [0.05, 0.1) is 4.34 Å². The molecule has 0 spiro atoms. The van der Waals surface area contributed by atoms with Gasteiger partial charge in [-0.2, -0.15) is 4.31 Å². The van der Waals surface area contributed by atoms with Gasteiger partial charge in [-0.25, -0.2) is 8.42 Å². The van der Waals surface area contributed by atoms with Crippen LogP contribution in [0.4, 0.5) is 0 Å². The van der Waals surface area contributed by atoms with E-state index in [1.165, 1.54) is 12.8 Å². The summed E-state index contributed by atoms with van der Waals surface area (Å²) < 4.78 is 27.8. The van der Waals surface area contributed by atoms with Gasteiger partial charge in [-0.3, -0.25) is 0 Å². The lowest BCUT2D eigenvalue weighted by Gasteiger charge is -2.29. The minimum absolute atomic E-state index is 0.259. The fourth-order valence-electron chi connectivity index (χ4n) is 2.41. The Balaban J connectivity index is 2.16. The molecule has 1 aromatic heterocycles. The smallest absolute Gasteiger partial charge is 0.252 e. The van der Waals surface area contributed by atoms with Crippen molar-refractivity contribution in [1.82, 2.24) is 9.62 Å². The Kier molecular flexibility index (Phi) is 5.48. The SMILES string of the molecule is CCN(CC1CCCCN1)S(=O)(=O)c1cc(C)c(Cl)s1. The zero-order chi connectivity index (χ0) is 14.8. The van der Waals surface area contributed by atoms with Gasteiger partial charge in [0.15, 0.2) is 0 Å². The highest BCUT2D eigenvalue weighted by Crippen LogP contribution is 2.32. The summed E-state index contributed by atoms with van der Waals surface area (Å²) in [6.45, 7) is 5.70. The van der Waals surface area contributed by atoms with Crippen LogP contribution in [-0.2, 0) is 10.0 Å². The van der Waals surface area contributed by atoms with Crippen molar-refractivity contribution < 1.29 is 8.42 Å². The number of likely N-dealkylation sites (N-methyl/N-ethyl adjacent to an activating group) is 1. The molecular formula is C13H21ClN2O2S2. The third-order valence-corrected chi connectivity index (χ3v) is 7.56. The zero-order valence-electron chi connectivity index (χ0n) is 11.9. The van der Waals surface area contributed by atoms with Crippen LogP contribution in [0.3, 0.4) is 0 Å². The first-order valence-electron chi connectivity index (χ1n) is 6.94.